The lowest BCUT2D eigenvalue weighted by atomic mass is 10.1. The van der Waals surface area contributed by atoms with Crippen molar-refractivity contribution in [3.8, 4) is 17.6 Å². The lowest BCUT2D eigenvalue weighted by molar-refractivity contribution is -0.141. The molecule has 3 aromatic rings. The van der Waals surface area contributed by atoms with Gasteiger partial charge in [0.2, 0.25) is 10.0 Å². The van der Waals surface area contributed by atoms with Crippen LogP contribution < -0.4 is 9.64 Å². The van der Waals surface area contributed by atoms with E-state index in [0.717, 1.165) is 4.31 Å². The molecule has 4 rings (SSSR count). The smallest absolute Gasteiger partial charge is 0.323 e. The number of amides is 1. The van der Waals surface area contributed by atoms with E-state index in [-0.39, 0.29) is 35.2 Å². The number of anilines is 1. The summed E-state index contributed by atoms with van der Waals surface area (Å²) in [6, 6.07) is 15.0. The van der Waals surface area contributed by atoms with E-state index in [9.17, 15) is 23.1 Å². The van der Waals surface area contributed by atoms with Gasteiger partial charge in [0, 0.05) is 24.4 Å². The molecular formula is C28H24Cl2N2O7S. The largest absolute Gasteiger partial charge is 0.481 e. The minimum atomic E-state index is -4.33. The number of fused-ring (bicyclic) bond motifs is 1. The number of hydrogen-bond acceptors (Lipinski definition) is 6. The van der Waals surface area contributed by atoms with Gasteiger partial charge in [0.1, 0.15) is 25.0 Å². The second-order valence-corrected chi connectivity index (χ2v) is 11.4. The summed E-state index contributed by atoms with van der Waals surface area (Å²) in [4.78, 5) is 27.2. The Hall–Kier alpha value is -3.59. The number of sulfonamides is 1. The first-order chi connectivity index (χ1) is 19.1. The Kier molecular flexibility index (Phi) is 9.35. The average molecular weight is 603 g/mol. The lowest BCUT2D eigenvalue weighted by Gasteiger charge is -2.28. The van der Waals surface area contributed by atoms with E-state index in [1.165, 1.54) is 54.5 Å². The summed E-state index contributed by atoms with van der Waals surface area (Å²) in [6.45, 7) is -0.382. The van der Waals surface area contributed by atoms with E-state index in [2.05, 4.69) is 11.8 Å². The summed E-state index contributed by atoms with van der Waals surface area (Å²) in [5, 5.41) is 10.6. The Morgan fingerprint density at radius 3 is 2.40 bits per heavy atom. The summed E-state index contributed by atoms with van der Waals surface area (Å²) in [6.07, 6.45) is 0. The summed E-state index contributed by atoms with van der Waals surface area (Å²) in [5.74, 6) is 3.89. The summed E-state index contributed by atoms with van der Waals surface area (Å²) >= 11 is 12.3. The van der Waals surface area contributed by atoms with Crippen LogP contribution in [0.15, 0.2) is 71.6 Å². The van der Waals surface area contributed by atoms with Crippen molar-refractivity contribution in [2.75, 3.05) is 31.8 Å². The molecule has 0 saturated heterocycles. The molecule has 40 heavy (non-hydrogen) atoms. The molecule has 0 saturated carbocycles. The van der Waals surface area contributed by atoms with Crippen LogP contribution in [0.2, 0.25) is 10.0 Å². The standard InChI is InChI=1S/C28H24Cl2N2O7S/c1-38-14-4-5-15-39-21-9-11-22(12-10-21)40(36,37)32-17-19-6-2-3-7-25(19)31(18-26(32)28(34)35)27(33)23-13-8-20(29)16-24(23)30/h2-3,6-13,16,26H,14-15,17-18H2,1H3,(H,34,35). The zero-order valence-corrected chi connectivity index (χ0v) is 23.5. The van der Waals surface area contributed by atoms with Crippen LogP contribution in [-0.2, 0) is 26.1 Å². The van der Waals surface area contributed by atoms with Gasteiger partial charge >= 0.3 is 5.97 Å². The highest BCUT2D eigenvalue weighted by molar-refractivity contribution is 7.89. The third kappa shape index (κ3) is 6.41. The van der Waals surface area contributed by atoms with Crippen LogP contribution in [0.25, 0.3) is 0 Å². The van der Waals surface area contributed by atoms with Crippen molar-refractivity contribution in [1.82, 2.24) is 4.31 Å². The van der Waals surface area contributed by atoms with Crippen LogP contribution in [0.3, 0.4) is 0 Å². The molecule has 0 spiro atoms. The van der Waals surface area contributed by atoms with E-state index >= 15 is 0 Å². The average Bonchev–Trinajstić information content (AvgIpc) is 3.11. The fourth-order valence-corrected chi connectivity index (χ4v) is 6.18. The van der Waals surface area contributed by atoms with Gasteiger partial charge in [-0.05, 0) is 54.1 Å². The fourth-order valence-electron chi connectivity index (χ4n) is 4.14. The normalized spacial score (nSPS) is 15.4. The molecule has 1 aliphatic rings. The number of carboxylic acids is 1. The van der Waals surface area contributed by atoms with Gasteiger partial charge in [0.05, 0.1) is 22.0 Å². The second kappa shape index (κ2) is 12.7. The first-order valence-corrected chi connectivity index (χ1v) is 14.1. The molecule has 0 bridgehead atoms. The molecule has 1 unspecified atom stereocenters. The number of benzene rings is 3. The van der Waals surface area contributed by atoms with Gasteiger partial charge < -0.3 is 19.5 Å². The number of carbonyl (C=O) groups excluding carboxylic acids is 1. The number of ether oxygens (including phenoxy) is 2. The molecule has 1 amide bonds. The van der Waals surface area contributed by atoms with Crippen molar-refractivity contribution < 1.29 is 32.6 Å². The van der Waals surface area contributed by atoms with Gasteiger partial charge in [-0.25, -0.2) is 8.42 Å². The number of rotatable bonds is 7. The first kappa shape index (κ1) is 29.4. The molecule has 12 heteroatoms. The predicted molar refractivity (Wildman–Crippen MR) is 150 cm³/mol. The number of aliphatic carboxylic acids is 1. The number of hydrogen-bond donors (Lipinski definition) is 1. The number of halogens is 2. The van der Waals surface area contributed by atoms with Crippen LogP contribution in [-0.4, -0.2) is 62.6 Å². The molecule has 0 fully saturated rings. The number of carboxylic acid groups (broad SMARTS) is 1. The van der Waals surface area contributed by atoms with Crippen LogP contribution in [0.4, 0.5) is 5.69 Å². The topological polar surface area (TPSA) is 113 Å². The Morgan fingerprint density at radius 1 is 1.02 bits per heavy atom. The Morgan fingerprint density at radius 2 is 1.73 bits per heavy atom. The third-order valence-corrected chi connectivity index (χ3v) is 8.50. The van der Waals surface area contributed by atoms with Crippen molar-refractivity contribution in [3.63, 3.8) is 0 Å². The maximum Gasteiger partial charge on any atom is 0.323 e. The minimum Gasteiger partial charge on any atom is -0.481 e. The Labute approximate surface area is 241 Å². The Bertz CT molecular complexity index is 1580. The highest BCUT2D eigenvalue weighted by atomic mass is 35.5. The van der Waals surface area contributed by atoms with Gasteiger partial charge in [0.15, 0.2) is 0 Å². The summed E-state index contributed by atoms with van der Waals surface area (Å²) < 4.78 is 38.8. The maximum atomic E-state index is 13.8. The monoisotopic (exact) mass is 602 g/mol. The van der Waals surface area contributed by atoms with Gasteiger partial charge in [0.25, 0.3) is 5.91 Å². The van der Waals surface area contributed by atoms with Crippen LogP contribution in [0.5, 0.6) is 5.75 Å². The van der Waals surface area contributed by atoms with Gasteiger partial charge in [-0.15, -0.1) is 0 Å². The molecule has 1 atom stereocenters. The molecule has 3 aromatic carbocycles. The maximum absolute atomic E-state index is 13.8. The lowest BCUT2D eigenvalue weighted by Crippen LogP contribution is -2.50. The number of nitrogens with zero attached hydrogens (tertiary/aromatic N) is 2. The quantitative estimate of drug-likeness (QED) is 0.400. The first-order valence-electron chi connectivity index (χ1n) is 11.9. The van der Waals surface area contributed by atoms with E-state index < -0.39 is 34.5 Å². The third-order valence-electron chi connectivity index (χ3n) is 6.09. The second-order valence-electron chi connectivity index (χ2n) is 8.62. The van der Waals surface area contributed by atoms with E-state index in [1.807, 2.05) is 0 Å². The molecule has 0 radical (unpaired) electrons. The van der Waals surface area contributed by atoms with Crippen LogP contribution in [0.1, 0.15) is 15.9 Å². The molecule has 1 heterocycles. The molecule has 208 valence electrons. The van der Waals surface area contributed by atoms with Crippen molar-refractivity contribution in [3.05, 3.63) is 87.9 Å². The van der Waals surface area contributed by atoms with Crippen LogP contribution in [0, 0.1) is 11.8 Å². The van der Waals surface area contributed by atoms with Gasteiger partial charge in [-0.2, -0.15) is 4.31 Å². The zero-order chi connectivity index (χ0) is 28.9. The zero-order valence-electron chi connectivity index (χ0n) is 21.2. The molecule has 1 aliphatic heterocycles. The van der Waals surface area contributed by atoms with Crippen LogP contribution >= 0.6 is 23.2 Å². The highest BCUT2D eigenvalue weighted by Gasteiger charge is 2.42. The van der Waals surface area contributed by atoms with E-state index in [4.69, 9.17) is 32.7 Å². The SMILES string of the molecule is COCC#CCOc1ccc(S(=O)(=O)N2Cc3ccccc3N(C(=O)c3ccc(Cl)cc3Cl)CC2C(=O)O)cc1. The van der Waals surface area contributed by atoms with E-state index in [1.54, 1.807) is 24.3 Å². The fraction of sp³-hybridized carbons (Fsp3) is 0.214. The predicted octanol–water partition coefficient (Wildman–Crippen LogP) is 4.33. The minimum absolute atomic E-state index is 0.0843. The number of methoxy groups -OCH3 is 1. The van der Waals surface area contributed by atoms with E-state index in [0.29, 0.717) is 22.0 Å². The number of para-hydroxylation sites is 1. The molecule has 0 aliphatic carbocycles. The van der Waals surface area contributed by atoms with Crippen molar-refractivity contribution in [1.29, 1.82) is 0 Å². The molecular weight excluding hydrogens is 579 g/mol. The molecule has 1 N–H and O–H groups in total. The van der Waals surface area contributed by atoms with Crippen molar-refractivity contribution in [2.24, 2.45) is 0 Å². The Balaban J connectivity index is 1.68. The van der Waals surface area contributed by atoms with Crippen molar-refractivity contribution >= 4 is 50.8 Å². The molecule has 9 nitrogen and oxygen atoms in total. The summed E-state index contributed by atoms with van der Waals surface area (Å²) in [5.41, 5.74) is 0.924. The van der Waals surface area contributed by atoms with Gasteiger partial charge in [-0.3, -0.25) is 9.59 Å². The van der Waals surface area contributed by atoms with Crippen molar-refractivity contribution in [2.45, 2.75) is 17.5 Å². The summed E-state index contributed by atoms with van der Waals surface area (Å²) in [7, 11) is -2.80. The number of carbonyl (C=O) groups is 2. The van der Waals surface area contributed by atoms with Gasteiger partial charge in [-0.1, -0.05) is 53.2 Å². The molecule has 0 aromatic heterocycles. The highest BCUT2D eigenvalue weighted by Crippen LogP contribution is 2.33.